The summed E-state index contributed by atoms with van der Waals surface area (Å²) >= 11 is 0. The standard InChI is InChI=1S/C8H19N3O/c1-7(6-8(9)10)11(2)4-5-12-3/h7H,4-6H2,1-3H3,(H3,9,10). The fourth-order valence-electron chi connectivity index (χ4n) is 0.930. The lowest BCUT2D eigenvalue weighted by molar-refractivity contribution is 0.144. The second-order valence-corrected chi connectivity index (χ2v) is 3.05. The molecule has 0 bridgehead atoms. The van der Waals surface area contributed by atoms with Crippen molar-refractivity contribution in [2.45, 2.75) is 19.4 Å². The largest absolute Gasteiger partial charge is 0.388 e. The number of hydrogen-bond acceptors (Lipinski definition) is 3. The maximum absolute atomic E-state index is 7.11. The molecule has 0 fully saturated rings. The minimum absolute atomic E-state index is 0.242. The first-order valence-electron chi connectivity index (χ1n) is 4.10. The van der Waals surface area contributed by atoms with Gasteiger partial charge in [0, 0.05) is 26.1 Å². The fourth-order valence-corrected chi connectivity index (χ4v) is 0.930. The van der Waals surface area contributed by atoms with Crippen LogP contribution >= 0.6 is 0 Å². The minimum atomic E-state index is 0.242. The molecule has 0 aliphatic carbocycles. The van der Waals surface area contributed by atoms with Crippen LogP contribution in [0.5, 0.6) is 0 Å². The van der Waals surface area contributed by atoms with Crippen molar-refractivity contribution in [2.24, 2.45) is 5.73 Å². The number of amidine groups is 1. The monoisotopic (exact) mass is 173 g/mol. The van der Waals surface area contributed by atoms with Gasteiger partial charge in [-0.05, 0) is 14.0 Å². The lowest BCUT2D eigenvalue weighted by Gasteiger charge is -2.23. The molecule has 0 saturated carbocycles. The first-order chi connectivity index (χ1) is 5.57. The van der Waals surface area contributed by atoms with Crippen LogP contribution in [-0.4, -0.2) is 44.1 Å². The highest BCUT2D eigenvalue weighted by Gasteiger charge is 2.08. The molecule has 3 N–H and O–H groups in total. The zero-order valence-corrected chi connectivity index (χ0v) is 8.13. The van der Waals surface area contributed by atoms with Crippen LogP contribution in [0.2, 0.25) is 0 Å². The van der Waals surface area contributed by atoms with Gasteiger partial charge in [-0.15, -0.1) is 0 Å². The Bertz CT molecular complexity index is 138. The Morgan fingerprint density at radius 2 is 2.25 bits per heavy atom. The summed E-state index contributed by atoms with van der Waals surface area (Å²) in [6, 6.07) is 0.317. The molecule has 0 rings (SSSR count). The smallest absolute Gasteiger partial charge is 0.0920 e. The molecule has 0 heterocycles. The molecule has 12 heavy (non-hydrogen) atoms. The molecule has 72 valence electrons. The van der Waals surface area contributed by atoms with Gasteiger partial charge >= 0.3 is 0 Å². The third kappa shape index (κ3) is 5.09. The third-order valence-electron chi connectivity index (χ3n) is 1.92. The Morgan fingerprint density at radius 3 is 2.67 bits per heavy atom. The molecular weight excluding hydrogens is 154 g/mol. The average Bonchev–Trinajstić information content (AvgIpc) is 1.98. The van der Waals surface area contributed by atoms with Crippen LogP contribution < -0.4 is 5.73 Å². The van der Waals surface area contributed by atoms with Crippen molar-refractivity contribution in [3.63, 3.8) is 0 Å². The highest BCUT2D eigenvalue weighted by atomic mass is 16.5. The summed E-state index contributed by atoms with van der Waals surface area (Å²) in [6.45, 7) is 3.65. The molecule has 0 radical (unpaired) electrons. The summed E-state index contributed by atoms with van der Waals surface area (Å²) in [4.78, 5) is 2.13. The fraction of sp³-hybridized carbons (Fsp3) is 0.875. The Morgan fingerprint density at radius 1 is 1.67 bits per heavy atom. The molecule has 1 atom stereocenters. The van der Waals surface area contributed by atoms with Gasteiger partial charge in [-0.25, -0.2) is 0 Å². The van der Waals surface area contributed by atoms with Gasteiger partial charge in [0.1, 0.15) is 0 Å². The second kappa shape index (κ2) is 5.97. The Hall–Kier alpha value is -0.610. The van der Waals surface area contributed by atoms with Crippen molar-refractivity contribution in [3.05, 3.63) is 0 Å². The van der Waals surface area contributed by atoms with E-state index >= 15 is 0 Å². The molecule has 0 aliphatic heterocycles. The van der Waals surface area contributed by atoms with Crippen LogP contribution in [0.4, 0.5) is 0 Å². The predicted molar refractivity (Wildman–Crippen MR) is 50.5 cm³/mol. The third-order valence-corrected chi connectivity index (χ3v) is 1.92. The summed E-state index contributed by atoms with van der Waals surface area (Å²) in [6.07, 6.45) is 0.625. The summed E-state index contributed by atoms with van der Waals surface area (Å²) < 4.78 is 4.94. The maximum Gasteiger partial charge on any atom is 0.0920 e. The van der Waals surface area contributed by atoms with Crippen LogP contribution in [0.15, 0.2) is 0 Å². The van der Waals surface area contributed by atoms with E-state index in [4.69, 9.17) is 15.9 Å². The van der Waals surface area contributed by atoms with Crippen molar-refractivity contribution in [1.29, 1.82) is 5.41 Å². The number of nitrogens with zero attached hydrogens (tertiary/aromatic N) is 1. The molecule has 4 nitrogen and oxygen atoms in total. The highest BCUT2D eigenvalue weighted by Crippen LogP contribution is 1.99. The van der Waals surface area contributed by atoms with E-state index in [0.29, 0.717) is 12.5 Å². The molecule has 0 spiro atoms. The molecule has 0 amide bonds. The Balaban J connectivity index is 3.60. The molecule has 0 aromatic heterocycles. The van der Waals surface area contributed by atoms with Gasteiger partial charge in [-0.1, -0.05) is 0 Å². The van der Waals surface area contributed by atoms with Gasteiger partial charge in [0.15, 0.2) is 0 Å². The van der Waals surface area contributed by atoms with Crippen molar-refractivity contribution >= 4 is 5.84 Å². The molecule has 0 aromatic rings. The topological polar surface area (TPSA) is 62.3 Å². The second-order valence-electron chi connectivity index (χ2n) is 3.05. The summed E-state index contributed by atoms with van der Waals surface area (Å²) in [5.74, 6) is 0.242. The molecule has 0 saturated heterocycles. The van der Waals surface area contributed by atoms with E-state index in [1.807, 2.05) is 7.05 Å². The summed E-state index contributed by atoms with van der Waals surface area (Å²) in [5.41, 5.74) is 5.29. The van der Waals surface area contributed by atoms with Gasteiger partial charge in [-0.2, -0.15) is 0 Å². The van der Waals surface area contributed by atoms with Crippen molar-refractivity contribution in [3.8, 4) is 0 Å². The normalized spacial score (nSPS) is 13.3. The Labute approximate surface area is 74.2 Å². The lowest BCUT2D eigenvalue weighted by Crippen LogP contribution is -2.35. The van der Waals surface area contributed by atoms with E-state index in [1.165, 1.54) is 0 Å². The zero-order chi connectivity index (χ0) is 9.56. The summed E-state index contributed by atoms with van der Waals surface area (Å²) in [5, 5.41) is 7.11. The predicted octanol–water partition coefficient (Wildman–Crippen LogP) is 0.279. The molecule has 0 aromatic carbocycles. The molecule has 4 heteroatoms. The minimum Gasteiger partial charge on any atom is -0.388 e. The number of hydrogen-bond donors (Lipinski definition) is 2. The van der Waals surface area contributed by atoms with E-state index < -0.39 is 0 Å². The summed E-state index contributed by atoms with van der Waals surface area (Å²) in [7, 11) is 3.69. The lowest BCUT2D eigenvalue weighted by atomic mass is 10.2. The van der Waals surface area contributed by atoms with Crippen molar-refractivity contribution < 1.29 is 4.74 Å². The number of nitrogens with one attached hydrogen (secondary N) is 1. The van der Waals surface area contributed by atoms with E-state index in [0.717, 1.165) is 13.2 Å². The number of methoxy groups -OCH3 is 1. The van der Waals surface area contributed by atoms with Gasteiger partial charge in [0.2, 0.25) is 0 Å². The van der Waals surface area contributed by atoms with Crippen molar-refractivity contribution in [2.75, 3.05) is 27.3 Å². The van der Waals surface area contributed by atoms with Gasteiger partial charge < -0.3 is 15.4 Å². The van der Waals surface area contributed by atoms with Crippen LogP contribution in [0, 0.1) is 5.41 Å². The van der Waals surface area contributed by atoms with Crippen LogP contribution in [0.1, 0.15) is 13.3 Å². The average molecular weight is 173 g/mol. The van der Waals surface area contributed by atoms with E-state index in [-0.39, 0.29) is 5.84 Å². The first kappa shape index (κ1) is 11.4. The number of likely N-dealkylation sites (N-methyl/N-ethyl adjacent to an activating group) is 1. The molecular formula is C8H19N3O. The molecule has 1 unspecified atom stereocenters. The Kier molecular flexibility index (Phi) is 5.66. The highest BCUT2D eigenvalue weighted by molar-refractivity contribution is 5.77. The number of ether oxygens (including phenoxy) is 1. The number of nitrogens with two attached hydrogens (primary N) is 1. The van der Waals surface area contributed by atoms with Crippen molar-refractivity contribution in [1.82, 2.24) is 4.90 Å². The van der Waals surface area contributed by atoms with Crippen LogP contribution in [0.3, 0.4) is 0 Å². The van der Waals surface area contributed by atoms with Gasteiger partial charge in [0.05, 0.1) is 12.4 Å². The van der Waals surface area contributed by atoms with Crippen LogP contribution in [0.25, 0.3) is 0 Å². The van der Waals surface area contributed by atoms with Gasteiger partial charge in [0.25, 0.3) is 0 Å². The van der Waals surface area contributed by atoms with Gasteiger partial charge in [-0.3, -0.25) is 5.41 Å². The maximum atomic E-state index is 7.11. The zero-order valence-electron chi connectivity index (χ0n) is 8.13. The van der Waals surface area contributed by atoms with E-state index in [1.54, 1.807) is 7.11 Å². The SMILES string of the molecule is COCCN(C)C(C)CC(=N)N. The molecule has 0 aliphatic rings. The van der Waals surface area contributed by atoms with E-state index in [9.17, 15) is 0 Å². The van der Waals surface area contributed by atoms with E-state index in [2.05, 4.69) is 11.8 Å². The number of rotatable bonds is 6. The first-order valence-corrected chi connectivity index (χ1v) is 4.10. The quantitative estimate of drug-likeness (QED) is 0.448. The van der Waals surface area contributed by atoms with Crippen LogP contribution in [-0.2, 0) is 4.74 Å².